The van der Waals surface area contributed by atoms with E-state index in [1.54, 1.807) is 6.20 Å². The highest BCUT2D eigenvalue weighted by Gasteiger charge is 2.32. The summed E-state index contributed by atoms with van der Waals surface area (Å²) in [6, 6.07) is 3.88. The Labute approximate surface area is 164 Å². The number of aromatic nitrogens is 4. The first-order valence-electron chi connectivity index (χ1n) is 8.89. The van der Waals surface area contributed by atoms with Crippen LogP contribution >= 0.6 is 11.3 Å². The lowest BCUT2D eigenvalue weighted by Gasteiger charge is -2.19. The van der Waals surface area contributed by atoms with Crippen molar-refractivity contribution in [3.8, 4) is 5.88 Å². The summed E-state index contributed by atoms with van der Waals surface area (Å²) in [6.07, 6.45) is 3.85. The zero-order valence-electron chi connectivity index (χ0n) is 15.4. The summed E-state index contributed by atoms with van der Waals surface area (Å²) >= 11 is 1.15. The molecule has 1 aliphatic rings. The van der Waals surface area contributed by atoms with Gasteiger partial charge in [0.1, 0.15) is 12.4 Å². The minimum absolute atomic E-state index is 0.0825. The van der Waals surface area contributed by atoms with Gasteiger partial charge in [-0.3, -0.25) is 9.69 Å². The third kappa shape index (κ3) is 3.92. The number of anilines is 1. The number of hydrogen-bond donors (Lipinski definition) is 1. The normalized spacial score (nSPS) is 19.8. The van der Waals surface area contributed by atoms with Crippen LogP contribution in [0, 0.1) is 5.95 Å². The molecular weight excluding hydrogens is 383 g/mol. The fourth-order valence-corrected chi connectivity index (χ4v) is 4.20. The van der Waals surface area contributed by atoms with Crippen LogP contribution in [-0.2, 0) is 11.3 Å². The fraction of sp³-hybridized carbons (Fsp3) is 0.389. The largest absolute Gasteiger partial charge is 0.471 e. The Morgan fingerprint density at radius 2 is 2.29 bits per heavy atom. The quantitative estimate of drug-likeness (QED) is 0.701. The molecule has 4 heterocycles. The van der Waals surface area contributed by atoms with Gasteiger partial charge in [0.15, 0.2) is 10.6 Å². The van der Waals surface area contributed by atoms with Gasteiger partial charge in [0.25, 0.3) is 0 Å². The molecule has 1 amide bonds. The van der Waals surface area contributed by atoms with Crippen molar-refractivity contribution in [2.24, 2.45) is 0 Å². The standard InChI is InChI=1S/C18H19FN6O2S/c1-10-6-12(27-17-15-13(21-9-22-17)4-3-5-20-15)7-25(10)8-14-16(19)24-18(28-14)23-11(2)26/h3-5,9-10,12H,6-8H2,1-2H3,(H,23,24,26)/t10-,12+/m0/s1. The number of rotatable bonds is 5. The Morgan fingerprint density at radius 1 is 1.43 bits per heavy atom. The number of carbonyl (C=O) groups excluding carboxylic acids is 1. The van der Waals surface area contributed by atoms with E-state index in [0.717, 1.165) is 23.3 Å². The van der Waals surface area contributed by atoms with Gasteiger partial charge in [-0.25, -0.2) is 9.97 Å². The lowest BCUT2D eigenvalue weighted by Crippen LogP contribution is -2.28. The maximum atomic E-state index is 14.1. The molecule has 1 saturated heterocycles. The average molecular weight is 402 g/mol. The molecule has 1 aliphatic heterocycles. The van der Waals surface area contributed by atoms with Crippen LogP contribution in [0.5, 0.6) is 5.88 Å². The Kier molecular flexibility index (Phi) is 5.14. The molecule has 0 aromatic carbocycles. The number of nitrogens with one attached hydrogen (secondary N) is 1. The van der Waals surface area contributed by atoms with E-state index in [9.17, 15) is 9.18 Å². The van der Waals surface area contributed by atoms with Crippen LogP contribution in [-0.4, -0.2) is 49.4 Å². The number of carbonyl (C=O) groups is 1. The zero-order valence-corrected chi connectivity index (χ0v) is 16.2. The predicted molar refractivity (Wildman–Crippen MR) is 103 cm³/mol. The molecule has 1 fully saturated rings. The molecule has 1 N–H and O–H groups in total. The average Bonchev–Trinajstić information content (AvgIpc) is 3.17. The summed E-state index contributed by atoms with van der Waals surface area (Å²) in [4.78, 5) is 30.3. The summed E-state index contributed by atoms with van der Waals surface area (Å²) < 4.78 is 20.2. The van der Waals surface area contributed by atoms with Crippen molar-refractivity contribution >= 4 is 33.4 Å². The number of halogens is 1. The van der Waals surface area contributed by atoms with Crippen molar-refractivity contribution in [1.82, 2.24) is 24.8 Å². The second-order valence-electron chi connectivity index (χ2n) is 6.72. The molecule has 0 radical (unpaired) electrons. The highest BCUT2D eigenvalue weighted by atomic mass is 32.1. The molecule has 0 unspecified atom stereocenters. The van der Waals surface area contributed by atoms with Gasteiger partial charge in [-0.2, -0.15) is 14.4 Å². The van der Waals surface area contributed by atoms with Crippen LogP contribution in [0.15, 0.2) is 24.7 Å². The molecule has 2 atom stereocenters. The molecule has 0 aliphatic carbocycles. The summed E-state index contributed by atoms with van der Waals surface area (Å²) in [5.74, 6) is -0.355. The number of likely N-dealkylation sites (tertiary alicyclic amines) is 1. The van der Waals surface area contributed by atoms with Crippen molar-refractivity contribution in [2.75, 3.05) is 11.9 Å². The Bertz CT molecular complexity index is 1010. The second-order valence-corrected chi connectivity index (χ2v) is 7.80. The van der Waals surface area contributed by atoms with Gasteiger partial charge in [0.2, 0.25) is 17.7 Å². The fourth-order valence-electron chi connectivity index (χ4n) is 3.29. The lowest BCUT2D eigenvalue weighted by atomic mass is 10.2. The summed E-state index contributed by atoms with van der Waals surface area (Å²) in [7, 11) is 0. The smallest absolute Gasteiger partial charge is 0.244 e. The number of nitrogens with zero attached hydrogens (tertiary/aromatic N) is 5. The zero-order chi connectivity index (χ0) is 19.7. The molecule has 146 valence electrons. The van der Waals surface area contributed by atoms with E-state index in [1.807, 2.05) is 12.1 Å². The molecule has 8 nitrogen and oxygen atoms in total. The predicted octanol–water partition coefficient (Wildman–Crippen LogP) is 2.62. The third-order valence-corrected chi connectivity index (χ3v) is 5.51. The summed E-state index contributed by atoms with van der Waals surface area (Å²) in [5, 5.41) is 2.80. The molecule has 0 spiro atoms. The number of amides is 1. The van der Waals surface area contributed by atoms with E-state index in [2.05, 4.69) is 37.1 Å². The third-order valence-electron chi connectivity index (χ3n) is 4.58. The van der Waals surface area contributed by atoms with Crippen molar-refractivity contribution in [1.29, 1.82) is 0 Å². The maximum Gasteiger partial charge on any atom is 0.244 e. The van der Waals surface area contributed by atoms with Gasteiger partial charge in [-0.1, -0.05) is 11.3 Å². The molecule has 0 saturated carbocycles. The van der Waals surface area contributed by atoms with Crippen LogP contribution in [0.4, 0.5) is 9.52 Å². The molecule has 4 rings (SSSR count). The minimum Gasteiger partial charge on any atom is -0.471 e. The van der Waals surface area contributed by atoms with E-state index in [0.29, 0.717) is 29.4 Å². The molecule has 28 heavy (non-hydrogen) atoms. The van der Waals surface area contributed by atoms with Gasteiger partial charge in [0.05, 0.1) is 10.4 Å². The van der Waals surface area contributed by atoms with Crippen molar-refractivity contribution in [3.05, 3.63) is 35.5 Å². The second kappa shape index (κ2) is 7.72. The van der Waals surface area contributed by atoms with E-state index >= 15 is 0 Å². The monoisotopic (exact) mass is 402 g/mol. The number of hydrogen-bond acceptors (Lipinski definition) is 8. The Morgan fingerprint density at radius 3 is 3.11 bits per heavy atom. The minimum atomic E-state index is -0.545. The molecular formula is C18H19FN6O2S. The van der Waals surface area contributed by atoms with E-state index in [-0.39, 0.29) is 23.2 Å². The van der Waals surface area contributed by atoms with Gasteiger partial charge in [0, 0.05) is 38.7 Å². The number of ether oxygens (including phenoxy) is 1. The molecule has 3 aromatic rings. The number of fused-ring (bicyclic) bond motifs is 1. The maximum absolute atomic E-state index is 14.1. The van der Waals surface area contributed by atoms with Crippen LogP contribution in [0.2, 0.25) is 0 Å². The lowest BCUT2D eigenvalue weighted by molar-refractivity contribution is -0.114. The van der Waals surface area contributed by atoms with Gasteiger partial charge in [-0.15, -0.1) is 0 Å². The van der Waals surface area contributed by atoms with Crippen LogP contribution in [0.1, 0.15) is 25.1 Å². The topological polar surface area (TPSA) is 93.1 Å². The first-order chi connectivity index (χ1) is 13.5. The molecule has 10 heteroatoms. The molecule has 0 bridgehead atoms. The Hall–Kier alpha value is -2.72. The first-order valence-corrected chi connectivity index (χ1v) is 9.70. The number of pyridine rings is 1. The summed E-state index contributed by atoms with van der Waals surface area (Å²) in [6.45, 7) is 4.49. The van der Waals surface area contributed by atoms with E-state index < -0.39 is 5.95 Å². The number of thiazole rings is 1. The van der Waals surface area contributed by atoms with Crippen LogP contribution in [0.25, 0.3) is 11.0 Å². The van der Waals surface area contributed by atoms with Gasteiger partial charge in [-0.05, 0) is 19.1 Å². The van der Waals surface area contributed by atoms with Gasteiger partial charge >= 0.3 is 0 Å². The van der Waals surface area contributed by atoms with Crippen molar-refractivity contribution in [2.45, 2.75) is 39.0 Å². The highest BCUT2D eigenvalue weighted by molar-refractivity contribution is 7.15. The highest BCUT2D eigenvalue weighted by Crippen LogP contribution is 2.29. The van der Waals surface area contributed by atoms with Crippen LogP contribution in [0.3, 0.4) is 0 Å². The van der Waals surface area contributed by atoms with Crippen molar-refractivity contribution in [3.63, 3.8) is 0 Å². The summed E-state index contributed by atoms with van der Waals surface area (Å²) in [5.41, 5.74) is 1.36. The van der Waals surface area contributed by atoms with E-state index in [4.69, 9.17) is 4.74 Å². The SMILES string of the molecule is CC(=O)Nc1nc(F)c(CN2C[C@H](Oc3ncnc4cccnc34)C[C@@H]2C)s1. The Balaban J connectivity index is 1.45. The van der Waals surface area contributed by atoms with Crippen LogP contribution < -0.4 is 10.1 Å². The van der Waals surface area contributed by atoms with Gasteiger partial charge < -0.3 is 10.1 Å². The molecule has 3 aromatic heterocycles. The first kappa shape index (κ1) is 18.6. The van der Waals surface area contributed by atoms with E-state index in [1.165, 1.54) is 13.3 Å². The van der Waals surface area contributed by atoms with Crippen molar-refractivity contribution < 1.29 is 13.9 Å².